The number of rotatable bonds is 4. The molecule has 0 unspecified atom stereocenters. The van der Waals surface area contributed by atoms with Gasteiger partial charge >= 0.3 is 0 Å². The van der Waals surface area contributed by atoms with E-state index < -0.39 is 0 Å². The molecule has 1 heterocycles. The van der Waals surface area contributed by atoms with Gasteiger partial charge in [-0.15, -0.1) is 11.3 Å². The van der Waals surface area contributed by atoms with Crippen molar-refractivity contribution in [3.8, 4) is 11.3 Å². The van der Waals surface area contributed by atoms with Crippen LogP contribution in [0, 0.1) is 5.82 Å². The molecule has 94 valence electrons. The SMILES string of the molecule is CCC(=O)NNc1nc(-c2ccc(F)cc2)cs1. The second-order valence-corrected chi connectivity index (χ2v) is 4.43. The third-order valence-electron chi connectivity index (χ3n) is 2.27. The minimum Gasteiger partial charge on any atom is -0.273 e. The number of carbonyl (C=O) groups excluding carboxylic acids is 1. The van der Waals surface area contributed by atoms with E-state index in [1.165, 1.54) is 23.5 Å². The van der Waals surface area contributed by atoms with Crippen LogP contribution >= 0.6 is 11.3 Å². The second-order valence-electron chi connectivity index (χ2n) is 3.57. The molecule has 0 radical (unpaired) electrons. The van der Waals surface area contributed by atoms with Crippen LogP contribution in [0.3, 0.4) is 0 Å². The summed E-state index contributed by atoms with van der Waals surface area (Å²) in [5.41, 5.74) is 6.83. The van der Waals surface area contributed by atoms with E-state index in [-0.39, 0.29) is 11.7 Å². The second kappa shape index (κ2) is 5.59. The van der Waals surface area contributed by atoms with Crippen molar-refractivity contribution in [3.63, 3.8) is 0 Å². The van der Waals surface area contributed by atoms with Crippen LogP contribution in [0.4, 0.5) is 9.52 Å². The smallest absolute Gasteiger partial charge is 0.238 e. The quantitative estimate of drug-likeness (QED) is 0.836. The number of nitrogens with one attached hydrogen (secondary N) is 2. The van der Waals surface area contributed by atoms with Crippen molar-refractivity contribution in [1.29, 1.82) is 0 Å². The Morgan fingerprint density at radius 3 is 2.78 bits per heavy atom. The number of hydrogen-bond donors (Lipinski definition) is 2. The third kappa shape index (κ3) is 3.04. The lowest BCUT2D eigenvalue weighted by molar-refractivity contribution is -0.120. The summed E-state index contributed by atoms with van der Waals surface area (Å²) in [4.78, 5) is 15.3. The van der Waals surface area contributed by atoms with Crippen molar-refractivity contribution in [2.24, 2.45) is 0 Å². The predicted octanol–water partition coefficient (Wildman–Crippen LogP) is 2.80. The van der Waals surface area contributed by atoms with Gasteiger partial charge in [-0.1, -0.05) is 6.92 Å². The van der Waals surface area contributed by atoms with Crippen LogP contribution in [-0.2, 0) is 4.79 Å². The average molecular weight is 265 g/mol. The van der Waals surface area contributed by atoms with Crippen molar-refractivity contribution < 1.29 is 9.18 Å². The Balaban J connectivity index is 2.06. The maximum Gasteiger partial charge on any atom is 0.238 e. The van der Waals surface area contributed by atoms with Crippen molar-refractivity contribution in [2.75, 3.05) is 5.43 Å². The van der Waals surface area contributed by atoms with Gasteiger partial charge in [-0.25, -0.2) is 9.37 Å². The Morgan fingerprint density at radius 1 is 1.39 bits per heavy atom. The number of thiazole rings is 1. The molecule has 2 N–H and O–H groups in total. The van der Waals surface area contributed by atoms with Gasteiger partial charge in [-0.05, 0) is 24.3 Å². The van der Waals surface area contributed by atoms with E-state index in [1.807, 2.05) is 5.38 Å². The number of anilines is 1. The Kier molecular flexibility index (Phi) is 3.88. The van der Waals surface area contributed by atoms with E-state index >= 15 is 0 Å². The van der Waals surface area contributed by atoms with Crippen LogP contribution in [0.1, 0.15) is 13.3 Å². The predicted molar refractivity (Wildman–Crippen MR) is 69.6 cm³/mol. The van der Waals surface area contributed by atoms with Gasteiger partial charge in [0.15, 0.2) is 0 Å². The molecule has 0 fully saturated rings. The average Bonchev–Trinajstić information content (AvgIpc) is 2.85. The molecule has 18 heavy (non-hydrogen) atoms. The lowest BCUT2D eigenvalue weighted by atomic mass is 10.2. The number of hydrogen-bond acceptors (Lipinski definition) is 4. The van der Waals surface area contributed by atoms with Gasteiger partial charge in [0.25, 0.3) is 0 Å². The molecular weight excluding hydrogens is 253 g/mol. The lowest BCUT2D eigenvalue weighted by Gasteiger charge is -2.02. The number of halogens is 1. The number of nitrogens with zero attached hydrogens (tertiary/aromatic N) is 1. The van der Waals surface area contributed by atoms with Gasteiger partial charge in [0, 0.05) is 17.4 Å². The summed E-state index contributed by atoms with van der Waals surface area (Å²) in [5.74, 6) is -0.379. The van der Waals surface area contributed by atoms with Crippen molar-refractivity contribution in [1.82, 2.24) is 10.4 Å². The molecule has 1 aromatic heterocycles. The molecule has 0 atom stereocenters. The zero-order valence-electron chi connectivity index (χ0n) is 9.74. The van der Waals surface area contributed by atoms with Gasteiger partial charge < -0.3 is 0 Å². The van der Waals surface area contributed by atoms with E-state index in [0.717, 1.165) is 11.3 Å². The molecule has 1 aromatic carbocycles. The first kappa shape index (κ1) is 12.5. The van der Waals surface area contributed by atoms with Crippen molar-refractivity contribution >= 4 is 22.4 Å². The summed E-state index contributed by atoms with van der Waals surface area (Å²) in [7, 11) is 0. The first-order valence-electron chi connectivity index (χ1n) is 5.45. The summed E-state index contributed by atoms with van der Waals surface area (Å²) >= 11 is 1.37. The molecule has 0 saturated heterocycles. The van der Waals surface area contributed by atoms with E-state index in [0.29, 0.717) is 11.6 Å². The molecule has 2 aromatic rings. The van der Waals surface area contributed by atoms with Crippen LogP contribution in [0.15, 0.2) is 29.6 Å². The van der Waals surface area contributed by atoms with E-state index in [4.69, 9.17) is 0 Å². The topological polar surface area (TPSA) is 54.0 Å². The Hall–Kier alpha value is -1.95. The molecule has 6 heteroatoms. The Morgan fingerprint density at radius 2 is 2.11 bits per heavy atom. The highest BCUT2D eigenvalue weighted by Crippen LogP contribution is 2.24. The summed E-state index contributed by atoms with van der Waals surface area (Å²) in [6.45, 7) is 1.77. The fourth-order valence-electron chi connectivity index (χ4n) is 1.30. The van der Waals surface area contributed by atoms with Crippen LogP contribution in [-0.4, -0.2) is 10.9 Å². The van der Waals surface area contributed by atoms with Crippen molar-refractivity contribution in [3.05, 3.63) is 35.5 Å². The van der Waals surface area contributed by atoms with Crippen LogP contribution in [0.5, 0.6) is 0 Å². The molecule has 1 amide bonds. The molecule has 0 aliphatic heterocycles. The number of aromatic nitrogens is 1. The maximum atomic E-state index is 12.8. The summed E-state index contributed by atoms with van der Waals surface area (Å²) in [5, 5.41) is 2.43. The molecule has 0 bridgehead atoms. The van der Waals surface area contributed by atoms with Crippen LogP contribution in [0.2, 0.25) is 0 Å². The highest BCUT2D eigenvalue weighted by molar-refractivity contribution is 7.14. The number of benzene rings is 1. The first-order valence-corrected chi connectivity index (χ1v) is 6.33. The minimum absolute atomic E-state index is 0.103. The molecule has 0 spiro atoms. The summed E-state index contributed by atoms with van der Waals surface area (Å²) < 4.78 is 12.8. The van der Waals surface area contributed by atoms with Crippen molar-refractivity contribution in [2.45, 2.75) is 13.3 Å². The molecule has 2 rings (SSSR count). The van der Waals surface area contributed by atoms with E-state index in [1.54, 1.807) is 19.1 Å². The summed E-state index contributed by atoms with van der Waals surface area (Å²) in [6, 6.07) is 6.11. The van der Waals surface area contributed by atoms with Crippen LogP contribution < -0.4 is 10.9 Å². The number of amides is 1. The van der Waals surface area contributed by atoms with E-state index in [2.05, 4.69) is 15.8 Å². The number of hydrazine groups is 1. The minimum atomic E-state index is -0.275. The highest BCUT2D eigenvalue weighted by Gasteiger charge is 2.05. The molecule has 0 aliphatic rings. The fourth-order valence-corrected chi connectivity index (χ4v) is 1.97. The van der Waals surface area contributed by atoms with Gasteiger partial charge in [0.2, 0.25) is 11.0 Å². The fraction of sp³-hybridized carbons (Fsp3) is 0.167. The standard InChI is InChI=1S/C12H12FN3OS/c1-2-11(17)15-16-12-14-10(7-18-12)8-3-5-9(13)6-4-8/h3-7H,2H2,1H3,(H,14,16)(H,15,17). The normalized spacial score (nSPS) is 10.1. The van der Waals surface area contributed by atoms with Crippen LogP contribution in [0.25, 0.3) is 11.3 Å². The lowest BCUT2D eigenvalue weighted by Crippen LogP contribution is -2.28. The Bertz CT molecular complexity index is 539. The number of carbonyl (C=O) groups is 1. The van der Waals surface area contributed by atoms with Gasteiger partial charge in [0.1, 0.15) is 5.82 Å². The molecule has 0 aliphatic carbocycles. The zero-order valence-corrected chi connectivity index (χ0v) is 10.6. The van der Waals surface area contributed by atoms with Gasteiger partial charge in [0.05, 0.1) is 5.69 Å². The zero-order chi connectivity index (χ0) is 13.0. The van der Waals surface area contributed by atoms with Gasteiger partial charge in [-0.2, -0.15) is 0 Å². The third-order valence-corrected chi connectivity index (χ3v) is 3.03. The van der Waals surface area contributed by atoms with E-state index in [9.17, 15) is 9.18 Å². The molecule has 4 nitrogen and oxygen atoms in total. The van der Waals surface area contributed by atoms with Gasteiger partial charge in [-0.3, -0.25) is 15.6 Å². The summed E-state index contributed by atoms with van der Waals surface area (Å²) in [6.07, 6.45) is 0.406. The highest BCUT2D eigenvalue weighted by atomic mass is 32.1. The Labute approximate surface area is 108 Å². The monoisotopic (exact) mass is 265 g/mol. The largest absolute Gasteiger partial charge is 0.273 e. The molecular formula is C12H12FN3OS. The molecule has 0 saturated carbocycles. The first-order chi connectivity index (χ1) is 8.69. The maximum absolute atomic E-state index is 12.8.